The molecule has 0 saturated carbocycles. The summed E-state index contributed by atoms with van der Waals surface area (Å²) in [6, 6.07) is 10.1. The van der Waals surface area contributed by atoms with E-state index in [-0.39, 0.29) is 34.8 Å². The van der Waals surface area contributed by atoms with Gasteiger partial charge in [0.1, 0.15) is 12.4 Å². The molecule has 2 aromatic rings. The van der Waals surface area contributed by atoms with Gasteiger partial charge in [-0.3, -0.25) is 9.59 Å². The van der Waals surface area contributed by atoms with Crippen LogP contribution in [0.3, 0.4) is 0 Å². The molecule has 0 unspecified atom stereocenters. The van der Waals surface area contributed by atoms with Crippen LogP contribution in [0.15, 0.2) is 63.4 Å². The highest BCUT2D eigenvalue weighted by Gasteiger charge is 2.49. The molecule has 0 atom stereocenters. The van der Waals surface area contributed by atoms with Crippen LogP contribution in [0, 0.1) is 16.6 Å². The summed E-state index contributed by atoms with van der Waals surface area (Å²) >= 11 is 3.67. The molecule has 5 rings (SSSR count). The first-order valence-electron chi connectivity index (χ1n) is 14.4. The summed E-state index contributed by atoms with van der Waals surface area (Å²) in [4.78, 5) is 30.2. The summed E-state index contributed by atoms with van der Waals surface area (Å²) < 4.78 is 31.7. The normalized spacial score (nSPS) is 20.0. The second-order valence-electron chi connectivity index (χ2n) is 13.1. The van der Waals surface area contributed by atoms with Gasteiger partial charge < -0.3 is 19.1 Å². The van der Waals surface area contributed by atoms with E-state index in [2.05, 4.69) is 48.5 Å². The van der Waals surface area contributed by atoms with Gasteiger partial charge in [0.05, 0.1) is 18.2 Å². The van der Waals surface area contributed by atoms with Crippen LogP contribution in [-0.2, 0) is 20.9 Å². The molecule has 42 heavy (non-hydrogen) atoms. The van der Waals surface area contributed by atoms with E-state index in [0.717, 1.165) is 29.8 Å². The minimum absolute atomic E-state index is 0.0689. The third-order valence-electron chi connectivity index (χ3n) is 8.40. The Kier molecular flexibility index (Phi) is 8.42. The maximum atomic E-state index is 14.0. The lowest BCUT2D eigenvalue weighted by atomic mass is 9.63. The lowest BCUT2D eigenvalue weighted by molar-refractivity contribution is -0.119. The van der Waals surface area contributed by atoms with Crippen molar-refractivity contribution in [1.82, 2.24) is 4.90 Å². The van der Waals surface area contributed by atoms with Crippen LogP contribution < -0.4 is 9.47 Å². The molecule has 0 aromatic heterocycles. The first-order chi connectivity index (χ1) is 19.8. The van der Waals surface area contributed by atoms with E-state index in [9.17, 15) is 14.0 Å². The number of ether oxygens (including phenoxy) is 3. The van der Waals surface area contributed by atoms with Gasteiger partial charge in [-0.2, -0.15) is 0 Å². The summed E-state index contributed by atoms with van der Waals surface area (Å²) in [6.45, 7) is 9.72. The quantitative estimate of drug-likeness (QED) is 0.298. The summed E-state index contributed by atoms with van der Waals surface area (Å²) in [5.41, 5.74) is 4.44. The Morgan fingerprint density at radius 2 is 1.55 bits per heavy atom. The number of Topliss-reactive ketones (excluding diaryl/α,β-unsaturated/α-hetero) is 2. The molecule has 224 valence electrons. The molecule has 0 amide bonds. The van der Waals surface area contributed by atoms with E-state index >= 15 is 0 Å². The second kappa shape index (κ2) is 11.6. The fourth-order valence-electron chi connectivity index (χ4n) is 6.66. The molecule has 0 radical (unpaired) electrons. The number of halogens is 2. The Labute approximate surface area is 256 Å². The maximum Gasteiger partial charge on any atom is 0.175 e. The van der Waals surface area contributed by atoms with Crippen molar-refractivity contribution < 1.29 is 28.2 Å². The van der Waals surface area contributed by atoms with Crippen LogP contribution in [-0.4, -0.2) is 43.8 Å². The van der Waals surface area contributed by atoms with Gasteiger partial charge >= 0.3 is 0 Å². The second-order valence-corrected chi connectivity index (χ2v) is 14.0. The third-order valence-corrected chi connectivity index (χ3v) is 8.99. The molecule has 2 aliphatic carbocycles. The molecular formula is C34H39BrFNO5. The van der Waals surface area contributed by atoms with Crippen molar-refractivity contribution in [2.24, 2.45) is 10.8 Å². The molecule has 1 aliphatic heterocycles. The number of allylic oxidation sites excluding steroid dienone is 4. The average Bonchev–Trinajstić information content (AvgIpc) is 2.89. The van der Waals surface area contributed by atoms with Crippen LogP contribution in [0.1, 0.15) is 70.4 Å². The maximum absolute atomic E-state index is 14.0. The van der Waals surface area contributed by atoms with E-state index in [1.165, 1.54) is 12.1 Å². The predicted octanol–water partition coefficient (Wildman–Crippen LogP) is 7.51. The zero-order valence-corrected chi connectivity index (χ0v) is 26.8. The molecular weight excluding hydrogens is 601 g/mol. The third kappa shape index (κ3) is 5.93. The Bertz CT molecular complexity index is 1440. The van der Waals surface area contributed by atoms with E-state index in [1.54, 1.807) is 26.4 Å². The lowest BCUT2D eigenvalue weighted by Crippen LogP contribution is -2.45. The monoisotopic (exact) mass is 639 g/mol. The molecule has 0 spiro atoms. The van der Waals surface area contributed by atoms with Crippen molar-refractivity contribution in [1.29, 1.82) is 0 Å². The highest BCUT2D eigenvalue weighted by molar-refractivity contribution is 9.10. The number of carbonyl (C=O) groups excluding carboxylic acids is 2. The van der Waals surface area contributed by atoms with Crippen LogP contribution in [0.2, 0.25) is 0 Å². The Morgan fingerprint density at radius 3 is 2.10 bits per heavy atom. The zero-order chi connectivity index (χ0) is 30.4. The van der Waals surface area contributed by atoms with Gasteiger partial charge in [0.25, 0.3) is 0 Å². The van der Waals surface area contributed by atoms with E-state index in [0.29, 0.717) is 58.7 Å². The topological polar surface area (TPSA) is 65.1 Å². The summed E-state index contributed by atoms with van der Waals surface area (Å²) in [5, 5.41) is 0. The molecule has 6 nitrogen and oxygen atoms in total. The number of ketones is 2. The van der Waals surface area contributed by atoms with E-state index in [1.807, 2.05) is 12.1 Å². The molecule has 0 bridgehead atoms. The number of hydrogen-bond acceptors (Lipinski definition) is 6. The zero-order valence-electron chi connectivity index (χ0n) is 25.2. The number of methoxy groups -OCH3 is 2. The van der Waals surface area contributed by atoms with Gasteiger partial charge in [0.2, 0.25) is 0 Å². The predicted molar refractivity (Wildman–Crippen MR) is 163 cm³/mol. The molecule has 8 heteroatoms. The Balaban J connectivity index is 1.65. The number of nitrogens with zero attached hydrogens (tertiary/aromatic N) is 1. The molecule has 0 N–H and O–H groups in total. The van der Waals surface area contributed by atoms with Crippen LogP contribution in [0.5, 0.6) is 11.5 Å². The first-order valence-corrected chi connectivity index (χ1v) is 15.2. The molecule has 3 aliphatic rings. The fraction of sp³-hybridized carbons (Fsp3) is 0.471. The highest BCUT2D eigenvalue weighted by atomic mass is 79.9. The van der Waals surface area contributed by atoms with Crippen molar-refractivity contribution in [3.63, 3.8) is 0 Å². The fourth-order valence-corrected chi connectivity index (χ4v) is 7.24. The van der Waals surface area contributed by atoms with Gasteiger partial charge in [-0.1, -0.05) is 39.8 Å². The summed E-state index contributed by atoms with van der Waals surface area (Å²) in [5.74, 6) is 0.234. The number of rotatable bonds is 8. The molecule has 0 saturated heterocycles. The lowest BCUT2D eigenvalue weighted by Gasteiger charge is -2.49. The van der Waals surface area contributed by atoms with Gasteiger partial charge in [-0.25, -0.2) is 4.39 Å². The van der Waals surface area contributed by atoms with E-state index < -0.39 is 5.92 Å². The van der Waals surface area contributed by atoms with Crippen molar-refractivity contribution >= 4 is 27.5 Å². The minimum atomic E-state index is -0.511. The Morgan fingerprint density at radius 1 is 0.929 bits per heavy atom. The summed E-state index contributed by atoms with van der Waals surface area (Å²) in [7, 11) is 3.23. The molecule has 2 aromatic carbocycles. The van der Waals surface area contributed by atoms with Gasteiger partial charge in [-0.05, 0) is 75.0 Å². The highest BCUT2D eigenvalue weighted by Crippen LogP contribution is 2.55. The number of carbonyl (C=O) groups is 2. The minimum Gasteiger partial charge on any atom is -0.493 e. The van der Waals surface area contributed by atoms with Gasteiger partial charge in [0.15, 0.2) is 23.1 Å². The molecule has 1 heterocycles. The summed E-state index contributed by atoms with van der Waals surface area (Å²) in [6.07, 6.45) is 2.28. The Hall–Kier alpha value is -2.97. The van der Waals surface area contributed by atoms with Crippen molar-refractivity contribution in [2.75, 3.05) is 27.4 Å². The number of hydrogen-bond donors (Lipinski definition) is 0. The largest absolute Gasteiger partial charge is 0.493 e. The molecule has 0 fully saturated rings. The van der Waals surface area contributed by atoms with Crippen LogP contribution >= 0.6 is 15.9 Å². The van der Waals surface area contributed by atoms with Crippen molar-refractivity contribution in [3.8, 4) is 11.5 Å². The first kappa shape index (κ1) is 30.5. The average molecular weight is 641 g/mol. The smallest absolute Gasteiger partial charge is 0.175 e. The van der Waals surface area contributed by atoms with Crippen LogP contribution in [0.25, 0.3) is 0 Å². The van der Waals surface area contributed by atoms with Crippen LogP contribution in [0.4, 0.5) is 4.39 Å². The van der Waals surface area contributed by atoms with Gasteiger partial charge in [-0.15, -0.1) is 0 Å². The number of benzene rings is 2. The standard InChI is InChI=1S/C34H39BrFNO5/c1-33(2)15-24-30(26(38)17-33)29(31-25(37(24)10-11-40-5)16-34(3,4)18-27(31)39)21-13-23(35)32(28(14-21)41-6)42-19-20-8-7-9-22(36)12-20/h7-9,12-14,29H,10-11,15-19H2,1-6H3. The van der Waals surface area contributed by atoms with Crippen molar-refractivity contribution in [3.05, 3.63) is 80.4 Å². The van der Waals surface area contributed by atoms with Crippen molar-refractivity contribution in [2.45, 2.75) is 65.9 Å². The van der Waals surface area contributed by atoms with Gasteiger partial charge in [0, 0.05) is 55.0 Å². The van der Waals surface area contributed by atoms with E-state index in [4.69, 9.17) is 14.2 Å². The SMILES string of the molecule is COCCN1C2=C(C(=O)CC(C)(C)C2)C(c2cc(Br)c(OCc3cccc(F)c3)c(OC)c2)C2=C1CC(C)(C)CC2=O.